The second-order valence-electron chi connectivity index (χ2n) is 8.65. The summed E-state index contributed by atoms with van der Waals surface area (Å²) in [5.41, 5.74) is 6.57. The molecule has 33 heavy (non-hydrogen) atoms. The number of carbonyl (C=O) groups excluding carboxylic acids is 2. The maximum absolute atomic E-state index is 13.4. The highest BCUT2D eigenvalue weighted by Gasteiger charge is 2.34. The third-order valence-corrected chi connectivity index (χ3v) is 7.46. The number of likely N-dealkylation sites (tertiary alicyclic amines) is 1. The van der Waals surface area contributed by atoms with Gasteiger partial charge in [-0.2, -0.15) is 0 Å². The number of hydrogen-bond donors (Lipinski definition) is 1. The van der Waals surface area contributed by atoms with Gasteiger partial charge in [-0.25, -0.2) is 4.98 Å². The highest BCUT2D eigenvalue weighted by atomic mass is 32.1. The molecule has 2 amide bonds. The molecule has 1 fully saturated rings. The number of nitrogens with zero attached hydrogens (tertiary/aromatic N) is 3. The Morgan fingerprint density at radius 2 is 1.94 bits per heavy atom. The molecule has 0 spiro atoms. The van der Waals surface area contributed by atoms with Crippen LogP contribution in [0.4, 0.5) is 0 Å². The van der Waals surface area contributed by atoms with E-state index in [-0.39, 0.29) is 17.9 Å². The number of nitrogens with one attached hydrogen (secondary N) is 1. The Balaban J connectivity index is 1.29. The van der Waals surface area contributed by atoms with E-state index in [1.165, 1.54) is 22.5 Å². The van der Waals surface area contributed by atoms with Crippen molar-refractivity contribution in [2.45, 2.75) is 33.2 Å². The molecule has 168 valence electrons. The van der Waals surface area contributed by atoms with Crippen molar-refractivity contribution in [1.82, 2.24) is 19.6 Å². The van der Waals surface area contributed by atoms with Gasteiger partial charge in [0, 0.05) is 35.9 Å². The smallest absolute Gasteiger partial charge is 0.271 e. The van der Waals surface area contributed by atoms with Crippen LogP contribution in [-0.4, -0.2) is 45.2 Å². The van der Waals surface area contributed by atoms with Crippen LogP contribution in [0.15, 0.2) is 54.0 Å². The topological polar surface area (TPSA) is 66.7 Å². The van der Waals surface area contributed by atoms with Crippen molar-refractivity contribution >= 4 is 28.1 Å². The molecule has 1 aliphatic rings. The second-order valence-corrected chi connectivity index (χ2v) is 9.49. The second kappa shape index (κ2) is 8.48. The number of aryl methyl sites for hydroxylation is 3. The van der Waals surface area contributed by atoms with Crippen molar-refractivity contribution < 1.29 is 9.59 Å². The maximum atomic E-state index is 13.4. The van der Waals surface area contributed by atoms with Gasteiger partial charge in [0.15, 0.2) is 4.96 Å². The van der Waals surface area contributed by atoms with Crippen LogP contribution in [-0.2, 0) is 0 Å². The van der Waals surface area contributed by atoms with Crippen LogP contribution in [0.3, 0.4) is 0 Å². The number of amides is 2. The van der Waals surface area contributed by atoms with Crippen LogP contribution in [0.2, 0.25) is 0 Å². The standard InChI is InChI=1S/C26H26N4O2S/c1-16-8-9-19(12-17(16)2)21-6-4-5-7-22(21)25(32)29-11-10-20(29)13-27-24(31)23-14-30-18(3)15-33-26(30)28-23/h4-9,12,14-15,20H,10-11,13H2,1-3H3,(H,27,31). The third kappa shape index (κ3) is 3.93. The first-order valence-electron chi connectivity index (χ1n) is 11.1. The van der Waals surface area contributed by atoms with Crippen LogP contribution in [0, 0.1) is 20.8 Å². The first-order valence-corrected chi connectivity index (χ1v) is 12.0. The van der Waals surface area contributed by atoms with Crippen molar-refractivity contribution in [3.05, 3.63) is 82.1 Å². The fourth-order valence-electron chi connectivity index (χ4n) is 4.21. The number of hydrogen-bond acceptors (Lipinski definition) is 4. The van der Waals surface area contributed by atoms with E-state index >= 15 is 0 Å². The van der Waals surface area contributed by atoms with Crippen LogP contribution in [0.25, 0.3) is 16.1 Å². The molecule has 1 atom stereocenters. The Bertz CT molecular complexity index is 1370. The summed E-state index contributed by atoms with van der Waals surface area (Å²) in [6.45, 7) is 7.27. The summed E-state index contributed by atoms with van der Waals surface area (Å²) in [6.07, 6.45) is 2.63. The zero-order valence-electron chi connectivity index (χ0n) is 19.0. The Hall–Kier alpha value is -3.45. The molecule has 1 aliphatic heterocycles. The monoisotopic (exact) mass is 458 g/mol. The fourth-order valence-corrected chi connectivity index (χ4v) is 5.06. The molecule has 0 saturated carbocycles. The van der Waals surface area contributed by atoms with Crippen molar-refractivity contribution in [2.24, 2.45) is 0 Å². The van der Waals surface area contributed by atoms with Gasteiger partial charge < -0.3 is 10.2 Å². The zero-order chi connectivity index (χ0) is 23.1. The number of carbonyl (C=O) groups is 2. The van der Waals surface area contributed by atoms with Gasteiger partial charge in [0.25, 0.3) is 11.8 Å². The lowest BCUT2D eigenvalue weighted by atomic mass is 9.94. The van der Waals surface area contributed by atoms with Crippen molar-refractivity contribution in [3.63, 3.8) is 0 Å². The summed E-state index contributed by atoms with van der Waals surface area (Å²) in [4.78, 5) is 33.1. The Kier molecular flexibility index (Phi) is 5.50. The molecular weight excluding hydrogens is 432 g/mol. The summed E-state index contributed by atoms with van der Waals surface area (Å²) in [6, 6.07) is 14.0. The lowest BCUT2D eigenvalue weighted by Crippen LogP contribution is -2.56. The molecule has 0 aliphatic carbocycles. The number of imidazole rings is 1. The molecule has 7 heteroatoms. The van der Waals surface area contributed by atoms with Crippen LogP contribution >= 0.6 is 11.3 Å². The van der Waals surface area contributed by atoms with Crippen molar-refractivity contribution in [2.75, 3.05) is 13.1 Å². The molecule has 4 aromatic rings. The molecule has 0 radical (unpaired) electrons. The lowest BCUT2D eigenvalue weighted by molar-refractivity contribution is 0.0456. The summed E-state index contributed by atoms with van der Waals surface area (Å²) in [5, 5.41) is 4.97. The quantitative estimate of drug-likeness (QED) is 0.474. The molecule has 2 aromatic carbocycles. The van der Waals surface area contributed by atoms with E-state index in [9.17, 15) is 9.59 Å². The van der Waals surface area contributed by atoms with E-state index in [0.29, 0.717) is 24.3 Å². The Morgan fingerprint density at radius 3 is 2.67 bits per heavy atom. The van der Waals surface area contributed by atoms with Gasteiger partial charge >= 0.3 is 0 Å². The minimum absolute atomic E-state index is 0.00690. The third-order valence-electron chi connectivity index (χ3n) is 6.50. The van der Waals surface area contributed by atoms with Gasteiger partial charge in [0.05, 0.1) is 6.04 Å². The highest BCUT2D eigenvalue weighted by Crippen LogP contribution is 2.29. The SMILES string of the molecule is Cc1ccc(-c2ccccc2C(=O)N2CCC2CNC(=O)c2cn3c(C)csc3n2)cc1C. The molecular formula is C26H26N4O2S. The molecule has 1 unspecified atom stereocenters. The predicted molar refractivity (Wildman–Crippen MR) is 131 cm³/mol. The first kappa shape index (κ1) is 21.4. The van der Waals surface area contributed by atoms with Crippen LogP contribution < -0.4 is 5.32 Å². The maximum Gasteiger partial charge on any atom is 0.271 e. The minimum Gasteiger partial charge on any atom is -0.349 e. The number of fused-ring (bicyclic) bond motifs is 1. The van der Waals surface area contributed by atoms with Crippen LogP contribution in [0.5, 0.6) is 0 Å². The van der Waals surface area contributed by atoms with Crippen LogP contribution in [0.1, 0.15) is 44.1 Å². The zero-order valence-corrected chi connectivity index (χ0v) is 19.8. The summed E-state index contributed by atoms with van der Waals surface area (Å²) in [5.74, 6) is -0.201. The number of benzene rings is 2. The van der Waals surface area contributed by atoms with E-state index < -0.39 is 0 Å². The van der Waals surface area contributed by atoms with Gasteiger partial charge in [-0.05, 0) is 55.5 Å². The summed E-state index contributed by atoms with van der Waals surface area (Å²) < 4.78 is 1.92. The molecule has 3 heterocycles. The fraction of sp³-hybridized carbons (Fsp3) is 0.269. The summed E-state index contributed by atoms with van der Waals surface area (Å²) in [7, 11) is 0. The normalized spacial score (nSPS) is 15.5. The average Bonchev–Trinajstić information content (AvgIpc) is 3.37. The predicted octanol–water partition coefficient (Wildman–Crippen LogP) is 4.63. The highest BCUT2D eigenvalue weighted by molar-refractivity contribution is 7.15. The van der Waals surface area contributed by atoms with E-state index in [1.807, 2.05) is 45.9 Å². The molecule has 2 aromatic heterocycles. The molecule has 1 saturated heterocycles. The molecule has 1 N–H and O–H groups in total. The molecule has 0 bridgehead atoms. The van der Waals surface area contributed by atoms with Gasteiger partial charge in [0.2, 0.25) is 0 Å². The Morgan fingerprint density at radius 1 is 1.12 bits per heavy atom. The van der Waals surface area contributed by atoms with Crippen molar-refractivity contribution in [1.29, 1.82) is 0 Å². The van der Waals surface area contributed by atoms with Gasteiger partial charge in [-0.1, -0.05) is 36.4 Å². The Labute approximate surface area is 196 Å². The molecule has 5 rings (SSSR count). The van der Waals surface area contributed by atoms with E-state index in [2.05, 4.69) is 42.3 Å². The summed E-state index contributed by atoms with van der Waals surface area (Å²) >= 11 is 1.51. The van der Waals surface area contributed by atoms with E-state index in [4.69, 9.17) is 0 Å². The lowest BCUT2D eigenvalue weighted by Gasteiger charge is -2.41. The van der Waals surface area contributed by atoms with Gasteiger partial charge in [-0.15, -0.1) is 11.3 Å². The number of rotatable bonds is 5. The number of aromatic nitrogens is 2. The average molecular weight is 459 g/mol. The van der Waals surface area contributed by atoms with Gasteiger partial charge in [0.1, 0.15) is 5.69 Å². The van der Waals surface area contributed by atoms with Crippen molar-refractivity contribution in [3.8, 4) is 11.1 Å². The van der Waals surface area contributed by atoms with Gasteiger partial charge in [-0.3, -0.25) is 14.0 Å². The molecule has 6 nitrogen and oxygen atoms in total. The largest absolute Gasteiger partial charge is 0.349 e. The number of thiazole rings is 1. The van der Waals surface area contributed by atoms with E-state index in [1.54, 1.807) is 6.20 Å². The van der Waals surface area contributed by atoms with E-state index in [0.717, 1.165) is 28.2 Å². The first-order chi connectivity index (χ1) is 15.9. The minimum atomic E-state index is -0.208.